The first-order chi connectivity index (χ1) is 11.9. The smallest absolute Gasteiger partial charge is 0.352 e. The molecule has 0 saturated heterocycles. The van der Waals surface area contributed by atoms with Gasteiger partial charge >= 0.3 is 6.18 Å². The molecule has 132 valence electrons. The first-order valence-corrected chi connectivity index (χ1v) is 8.04. The number of rotatable bonds is 6. The molecule has 1 N–H and O–H groups in total. The molecule has 1 aliphatic rings. The minimum absolute atomic E-state index is 0.116. The molecule has 0 bridgehead atoms. The molecule has 25 heavy (non-hydrogen) atoms. The normalized spacial score (nSPS) is 17.6. The number of hydrogen-bond donors (Lipinski definition) is 1. The van der Waals surface area contributed by atoms with Crippen molar-refractivity contribution in [2.24, 2.45) is 5.92 Å². The summed E-state index contributed by atoms with van der Waals surface area (Å²) in [6.07, 6.45) is 0.738. The lowest BCUT2D eigenvalue weighted by atomic mass is 9.92. The number of hydrogen-bond acceptors (Lipinski definition) is 2. The molecule has 1 heterocycles. The largest absolute Gasteiger partial charge is 0.425 e. The number of aromatic nitrogens is 1. The number of aromatic amines is 1. The molecule has 6 heteroatoms. The average molecular weight is 349 g/mol. The fourth-order valence-electron chi connectivity index (χ4n) is 2.59. The second kappa shape index (κ2) is 6.88. The molecule has 1 atom stereocenters. The molecule has 1 aromatic carbocycles. The summed E-state index contributed by atoms with van der Waals surface area (Å²) in [7, 11) is 0. The second-order valence-electron chi connectivity index (χ2n) is 6.12. The lowest BCUT2D eigenvalue weighted by molar-refractivity contribution is -0.268. The first kappa shape index (κ1) is 17.5. The maximum atomic E-state index is 14.1. The van der Waals surface area contributed by atoms with Crippen molar-refractivity contribution in [3.8, 4) is 0 Å². The molecule has 3 rings (SSSR count). The Hall–Kier alpha value is -2.34. The summed E-state index contributed by atoms with van der Waals surface area (Å²) in [6, 6.07) is 11.1. The molecule has 1 saturated carbocycles. The van der Waals surface area contributed by atoms with Crippen LogP contribution >= 0.6 is 0 Å². The predicted octanol–water partition coefficient (Wildman–Crippen LogP) is 4.32. The highest BCUT2D eigenvalue weighted by atomic mass is 19.4. The first-order valence-electron chi connectivity index (χ1n) is 8.04. The van der Waals surface area contributed by atoms with E-state index in [2.05, 4.69) is 4.98 Å². The Kier molecular flexibility index (Phi) is 4.81. The van der Waals surface area contributed by atoms with E-state index >= 15 is 0 Å². The highest BCUT2D eigenvalue weighted by Gasteiger charge is 2.57. The maximum Gasteiger partial charge on any atom is 0.425 e. The van der Waals surface area contributed by atoms with Crippen LogP contribution in [-0.2, 0) is 16.9 Å². The summed E-state index contributed by atoms with van der Waals surface area (Å²) in [5, 5.41) is 0. The van der Waals surface area contributed by atoms with Crippen molar-refractivity contribution in [2.75, 3.05) is 0 Å². The van der Waals surface area contributed by atoms with Gasteiger partial charge in [-0.1, -0.05) is 36.4 Å². The van der Waals surface area contributed by atoms with E-state index in [1.165, 1.54) is 18.3 Å². The summed E-state index contributed by atoms with van der Waals surface area (Å²) in [5.74, 6) is 0.116. The van der Waals surface area contributed by atoms with Crippen LogP contribution in [0.2, 0.25) is 0 Å². The van der Waals surface area contributed by atoms with E-state index in [0.29, 0.717) is 5.56 Å². The van der Waals surface area contributed by atoms with Crippen LogP contribution in [0.4, 0.5) is 13.2 Å². The summed E-state index contributed by atoms with van der Waals surface area (Å²) in [5.41, 5.74) is -3.45. The van der Waals surface area contributed by atoms with Gasteiger partial charge in [-0.15, -0.1) is 0 Å². The summed E-state index contributed by atoms with van der Waals surface area (Å²) in [4.78, 5) is 14.4. The molecule has 2 aromatic rings. The van der Waals surface area contributed by atoms with Gasteiger partial charge in [0.25, 0.3) is 5.56 Å². The molecule has 0 unspecified atom stereocenters. The third-order valence-corrected chi connectivity index (χ3v) is 4.17. The van der Waals surface area contributed by atoms with Gasteiger partial charge in [0.05, 0.1) is 12.2 Å². The number of halogens is 3. The van der Waals surface area contributed by atoms with Crippen LogP contribution in [0.5, 0.6) is 0 Å². The maximum absolute atomic E-state index is 14.1. The number of nitrogens with one attached hydrogen (secondary N) is 1. The van der Waals surface area contributed by atoms with Crippen molar-refractivity contribution in [1.82, 2.24) is 4.98 Å². The van der Waals surface area contributed by atoms with E-state index < -0.39 is 22.9 Å². The zero-order chi connectivity index (χ0) is 17.9. The van der Waals surface area contributed by atoms with Gasteiger partial charge in [-0.3, -0.25) is 4.79 Å². The molecule has 0 spiro atoms. The molecule has 1 fully saturated rings. The van der Waals surface area contributed by atoms with Crippen LogP contribution in [0.15, 0.2) is 65.6 Å². The Labute approximate surface area is 143 Å². The van der Waals surface area contributed by atoms with Gasteiger partial charge in [0.2, 0.25) is 5.60 Å². The third-order valence-electron chi connectivity index (χ3n) is 4.17. The van der Waals surface area contributed by atoms with Crippen LogP contribution in [0.1, 0.15) is 24.0 Å². The number of ether oxygens (including phenoxy) is 1. The summed E-state index contributed by atoms with van der Waals surface area (Å²) >= 11 is 0. The van der Waals surface area contributed by atoms with E-state index in [4.69, 9.17) is 4.74 Å². The molecule has 0 amide bonds. The molecule has 3 nitrogen and oxygen atoms in total. The highest BCUT2D eigenvalue weighted by molar-refractivity contribution is 5.29. The van der Waals surface area contributed by atoms with Gasteiger partial charge in [-0.25, -0.2) is 0 Å². The Morgan fingerprint density at radius 2 is 1.84 bits per heavy atom. The minimum Gasteiger partial charge on any atom is -0.352 e. The number of H-pyrrole nitrogens is 1. The van der Waals surface area contributed by atoms with Crippen molar-refractivity contribution < 1.29 is 17.9 Å². The van der Waals surface area contributed by atoms with Gasteiger partial charge in [0.1, 0.15) is 0 Å². The van der Waals surface area contributed by atoms with Crippen molar-refractivity contribution in [2.45, 2.75) is 31.2 Å². The summed E-state index contributed by atoms with van der Waals surface area (Å²) < 4.78 is 47.6. The van der Waals surface area contributed by atoms with Crippen molar-refractivity contribution in [3.63, 3.8) is 0 Å². The Morgan fingerprint density at radius 1 is 1.12 bits per heavy atom. The number of benzene rings is 1. The van der Waals surface area contributed by atoms with Gasteiger partial charge < -0.3 is 9.72 Å². The fourth-order valence-corrected chi connectivity index (χ4v) is 2.59. The minimum atomic E-state index is -4.78. The highest BCUT2D eigenvalue weighted by Crippen LogP contribution is 2.44. The molecule has 0 radical (unpaired) electrons. The topological polar surface area (TPSA) is 42.1 Å². The second-order valence-corrected chi connectivity index (χ2v) is 6.12. The van der Waals surface area contributed by atoms with Crippen LogP contribution in [0.3, 0.4) is 0 Å². The Balaban J connectivity index is 2.04. The zero-order valence-electron chi connectivity index (χ0n) is 13.4. The zero-order valence-corrected chi connectivity index (χ0v) is 13.4. The van der Waals surface area contributed by atoms with Gasteiger partial charge in [-0.05, 0) is 42.5 Å². The van der Waals surface area contributed by atoms with Crippen LogP contribution in [0, 0.1) is 5.92 Å². The lowest BCUT2D eigenvalue weighted by Gasteiger charge is -2.33. The monoisotopic (exact) mass is 349 g/mol. The Morgan fingerprint density at radius 3 is 2.44 bits per heavy atom. The predicted molar refractivity (Wildman–Crippen MR) is 87.9 cm³/mol. The van der Waals surface area contributed by atoms with Crippen molar-refractivity contribution in [1.29, 1.82) is 0 Å². The van der Waals surface area contributed by atoms with Gasteiger partial charge in [0, 0.05) is 6.20 Å². The van der Waals surface area contributed by atoms with Crippen molar-refractivity contribution in [3.05, 3.63) is 82.3 Å². The van der Waals surface area contributed by atoms with Crippen LogP contribution < -0.4 is 5.56 Å². The standard InChI is InChI=1S/C19H18F3NO2/c20-19(21,22)18(11-10-14-8-9-14,16-7-4-12-23-17(16)24)25-13-15-5-2-1-3-6-15/h1-7,10-12,14H,8-9,13H2,(H,23,24)/b11-10+/t18-/m0/s1. The lowest BCUT2D eigenvalue weighted by Crippen LogP contribution is -2.46. The SMILES string of the molecule is O=c1[nH]cccc1[C@](/C=C/C1CC1)(OCc1ccccc1)C(F)(F)F. The number of alkyl halides is 3. The average Bonchev–Trinajstić information content (AvgIpc) is 3.40. The van der Waals surface area contributed by atoms with E-state index in [-0.39, 0.29) is 12.5 Å². The fraction of sp³-hybridized carbons (Fsp3) is 0.316. The van der Waals surface area contributed by atoms with E-state index in [0.717, 1.165) is 25.0 Å². The van der Waals surface area contributed by atoms with Crippen LogP contribution in [-0.4, -0.2) is 11.2 Å². The third kappa shape index (κ3) is 3.85. The molecular weight excluding hydrogens is 331 g/mol. The molecule has 1 aromatic heterocycles. The number of allylic oxidation sites excluding steroid dienone is 1. The molecular formula is C19H18F3NO2. The molecule has 0 aliphatic heterocycles. The van der Waals surface area contributed by atoms with E-state index in [9.17, 15) is 18.0 Å². The Bertz CT molecular complexity index is 794. The van der Waals surface area contributed by atoms with Gasteiger partial charge in [-0.2, -0.15) is 13.2 Å². The van der Waals surface area contributed by atoms with Gasteiger partial charge in [0.15, 0.2) is 0 Å². The molecule has 1 aliphatic carbocycles. The summed E-state index contributed by atoms with van der Waals surface area (Å²) in [6.45, 7) is -0.260. The van der Waals surface area contributed by atoms with E-state index in [1.54, 1.807) is 30.3 Å². The van der Waals surface area contributed by atoms with Crippen molar-refractivity contribution >= 4 is 0 Å². The van der Waals surface area contributed by atoms with E-state index in [1.807, 2.05) is 0 Å². The number of pyridine rings is 1. The quantitative estimate of drug-likeness (QED) is 0.790. The van der Waals surface area contributed by atoms with Crippen LogP contribution in [0.25, 0.3) is 0 Å².